The highest BCUT2D eigenvalue weighted by molar-refractivity contribution is 4.98. The summed E-state index contributed by atoms with van der Waals surface area (Å²) in [6.45, 7) is 3.23. The molecular weight excluding hydrogens is 222 g/mol. The normalized spacial score (nSPS) is 19.0. The van der Waals surface area contributed by atoms with Gasteiger partial charge in [-0.1, -0.05) is 39.0 Å². The number of aromatic nitrogens is 2. The van der Waals surface area contributed by atoms with Gasteiger partial charge in [-0.05, 0) is 25.2 Å². The summed E-state index contributed by atoms with van der Waals surface area (Å²) in [6.07, 6.45) is 14.5. The van der Waals surface area contributed by atoms with Crippen LogP contribution in [0, 0.1) is 5.92 Å². The zero-order chi connectivity index (χ0) is 12.8. The van der Waals surface area contributed by atoms with Gasteiger partial charge in [0.05, 0.1) is 6.04 Å². The van der Waals surface area contributed by atoms with Crippen molar-refractivity contribution in [2.45, 2.75) is 70.9 Å². The molecule has 0 radical (unpaired) electrons. The first-order valence-corrected chi connectivity index (χ1v) is 7.58. The van der Waals surface area contributed by atoms with Crippen LogP contribution >= 0.6 is 0 Å². The molecule has 1 fully saturated rings. The van der Waals surface area contributed by atoms with Crippen LogP contribution in [0.4, 0.5) is 0 Å². The van der Waals surface area contributed by atoms with Gasteiger partial charge in [0, 0.05) is 18.9 Å². The second-order valence-corrected chi connectivity index (χ2v) is 5.67. The molecule has 3 nitrogen and oxygen atoms in total. The average molecular weight is 249 g/mol. The van der Waals surface area contributed by atoms with Crippen LogP contribution < -0.4 is 5.73 Å². The summed E-state index contributed by atoms with van der Waals surface area (Å²) >= 11 is 0. The summed E-state index contributed by atoms with van der Waals surface area (Å²) in [5.41, 5.74) is 6.30. The van der Waals surface area contributed by atoms with Gasteiger partial charge in [-0.25, -0.2) is 4.98 Å². The van der Waals surface area contributed by atoms with E-state index in [4.69, 9.17) is 5.73 Å². The molecule has 2 rings (SSSR count). The van der Waals surface area contributed by atoms with Gasteiger partial charge in [-0.2, -0.15) is 0 Å². The van der Waals surface area contributed by atoms with Gasteiger partial charge in [-0.15, -0.1) is 0 Å². The predicted octanol–water partition coefficient (Wildman–Crippen LogP) is 3.65. The second kappa shape index (κ2) is 6.93. The van der Waals surface area contributed by atoms with E-state index in [0.717, 1.165) is 31.1 Å². The quantitative estimate of drug-likeness (QED) is 0.836. The Morgan fingerprint density at radius 3 is 2.89 bits per heavy atom. The zero-order valence-electron chi connectivity index (χ0n) is 11.6. The van der Waals surface area contributed by atoms with Crippen molar-refractivity contribution < 1.29 is 0 Å². The Balaban J connectivity index is 1.82. The minimum Gasteiger partial charge on any atom is -0.334 e. The third kappa shape index (κ3) is 3.58. The van der Waals surface area contributed by atoms with Crippen LogP contribution in [0.3, 0.4) is 0 Å². The van der Waals surface area contributed by atoms with Crippen molar-refractivity contribution in [3.05, 3.63) is 18.2 Å². The van der Waals surface area contributed by atoms with E-state index in [9.17, 15) is 0 Å². The lowest BCUT2D eigenvalue weighted by Gasteiger charge is -2.23. The Hall–Kier alpha value is -0.830. The maximum atomic E-state index is 6.30. The second-order valence-electron chi connectivity index (χ2n) is 5.67. The van der Waals surface area contributed by atoms with E-state index in [1.807, 2.05) is 6.20 Å². The lowest BCUT2D eigenvalue weighted by atomic mass is 9.85. The first-order chi connectivity index (χ1) is 8.81. The van der Waals surface area contributed by atoms with Gasteiger partial charge >= 0.3 is 0 Å². The molecule has 0 saturated heterocycles. The van der Waals surface area contributed by atoms with Crippen LogP contribution in [0.5, 0.6) is 0 Å². The number of hydrogen-bond acceptors (Lipinski definition) is 2. The van der Waals surface area contributed by atoms with E-state index in [0.29, 0.717) is 0 Å². The van der Waals surface area contributed by atoms with E-state index >= 15 is 0 Å². The topological polar surface area (TPSA) is 43.8 Å². The van der Waals surface area contributed by atoms with Crippen LogP contribution in [0.25, 0.3) is 0 Å². The first-order valence-electron chi connectivity index (χ1n) is 7.58. The Bertz CT molecular complexity index is 339. The highest BCUT2D eigenvalue weighted by Crippen LogP contribution is 2.29. The van der Waals surface area contributed by atoms with Gasteiger partial charge in [0.2, 0.25) is 0 Å². The van der Waals surface area contributed by atoms with Crippen LogP contribution in [-0.4, -0.2) is 9.55 Å². The standard InChI is InChI=1S/C15H27N3/c1-2-11-18-12-10-17-15(18)14(16)9-8-13-6-4-3-5-7-13/h10,12-14H,2-9,11,16H2,1H3. The molecule has 1 aromatic rings. The van der Waals surface area contributed by atoms with E-state index in [1.165, 1.54) is 38.5 Å². The fourth-order valence-electron chi connectivity index (χ4n) is 3.10. The molecule has 0 amide bonds. The van der Waals surface area contributed by atoms with E-state index in [1.54, 1.807) is 0 Å². The van der Waals surface area contributed by atoms with Gasteiger partial charge in [0.25, 0.3) is 0 Å². The number of hydrogen-bond donors (Lipinski definition) is 1. The van der Waals surface area contributed by atoms with E-state index in [2.05, 4.69) is 22.7 Å². The number of nitrogens with zero attached hydrogens (tertiary/aromatic N) is 2. The minimum absolute atomic E-state index is 0.119. The largest absolute Gasteiger partial charge is 0.334 e. The number of imidazole rings is 1. The van der Waals surface area contributed by atoms with Crippen molar-refractivity contribution >= 4 is 0 Å². The smallest absolute Gasteiger partial charge is 0.125 e. The average Bonchev–Trinajstić information content (AvgIpc) is 2.86. The molecule has 0 spiro atoms. The third-order valence-corrected chi connectivity index (χ3v) is 4.15. The molecule has 1 unspecified atom stereocenters. The molecule has 1 heterocycles. The van der Waals surface area contributed by atoms with Gasteiger partial charge in [-0.3, -0.25) is 0 Å². The molecule has 1 atom stereocenters. The Labute approximate surface area is 111 Å². The Kier molecular flexibility index (Phi) is 5.24. The van der Waals surface area contributed by atoms with Crippen molar-refractivity contribution in [2.75, 3.05) is 0 Å². The molecule has 102 valence electrons. The maximum Gasteiger partial charge on any atom is 0.125 e. The SMILES string of the molecule is CCCn1ccnc1C(N)CCC1CCCCC1. The molecule has 0 aliphatic heterocycles. The van der Waals surface area contributed by atoms with Crippen molar-refractivity contribution in [2.24, 2.45) is 11.7 Å². The molecule has 0 aromatic carbocycles. The molecular formula is C15H27N3. The summed E-state index contributed by atoms with van der Waals surface area (Å²) in [7, 11) is 0. The van der Waals surface area contributed by atoms with Crippen molar-refractivity contribution in [3.63, 3.8) is 0 Å². The van der Waals surface area contributed by atoms with Crippen molar-refractivity contribution in [1.29, 1.82) is 0 Å². The Morgan fingerprint density at radius 2 is 2.17 bits per heavy atom. The monoisotopic (exact) mass is 249 g/mol. The lowest BCUT2D eigenvalue weighted by molar-refractivity contribution is 0.321. The van der Waals surface area contributed by atoms with Crippen LogP contribution in [0.2, 0.25) is 0 Å². The lowest BCUT2D eigenvalue weighted by Crippen LogP contribution is -2.18. The highest BCUT2D eigenvalue weighted by Gasteiger charge is 2.17. The fraction of sp³-hybridized carbons (Fsp3) is 0.800. The number of aryl methyl sites for hydroxylation is 1. The van der Waals surface area contributed by atoms with Crippen LogP contribution in [0.15, 0.2) is 12.4 Å². The summed E-state index contributed by atoms with van der Waals surface area (Å²) in [5, 5.41) is 0. The predicted molar refractivity (Wildman–Crippen MR) is 75.3 cm³/mol. The van der Waals surface area contributed by atoms with Gasteiger partial charge in [0.15, 0.2) is 0 Å². The first kappa shape index (κ1) is 13.6. The van der Waals surface area contributed by atoms with Gasteiger partial charge in [0.1, 0.15) is 5.82 Å². The molecule has 18 heavy (non-hydrogen) atoms. The minimum atomic E-state index is 0.119. The van der Waals surface area contributed by atoms with Crippen LogP contribution in [-0.2, 0) is 6.54 Å². The number of nitrogens with two attached hydrogens (primary N) is 1. The molecule has 1 aliphatic rings. The fourth-order valence-corrected chi connectivity index (χ4v) is 3.10. The van der Waals surface area contributed by atoms with Gasteiger partial charge < -0.3 is 10.3 Å². The number of rotatable bonds is 6. The van der Waals surface area contributed by atoms with E-state index < -0.39 is 0 Å². The molecule has 1 aromatic heterocycles. The molecule has 3 heteroatoms. The highest BCUT2D eigenvalue weighted by atomic mass is 15.1. The summed E-state index contributed by atoms with van der Waals surface area (Å²) in [4.78, 5) is 4.44. The van der Waals surface area contributed by atoms with Crippen molar-refractivity contribution in [1.82, 2.24) is 9.55 Å². The Morgan fingerprint density at radius 1 is 1.39 bits per heavy atom. The molecule has 0 bridgehead atoms. The summed E-state index contributed by atoms with van der Waals surface area (Å²) < 4.78 is 2.21. The summed E-state index contributed by atoms with van der Waals surface area (Å²) in [6, 6.07) is 0.119. The summed E-state index contributed by atoms with van der Waals surface area (Å²) in [5.74, 6) is 1.99. The third-order valence-electron chi connectivity index (χ3n) is 4.15. The maximum absolute atomic E-state index is 6.30. The van der Waals surface area contributed by atoms with E-state index in [-0.39, 0.29) is 6.04 Å². The van der Waals surface area contributed by atoms with Crippen LogP contribution in [0.1, 0.15) is 70.2 Å². The molecule has 1 aliphatic carbocycles. The molecule has 1 saturated carbocycles. The molecule has 2 N–H and O–H groups in total. The zero-order valence-corrected chi connectivity index (χ0v) is 11.6. The van der Waals surface area contributed by atoms with Crippen molar-refractivity contribution in [3.8, 4) is 0 Å².